The maximum absolute atomic E-state index is 13.1. The van der Waals surface area contributed by atoms with Crippen molar-refractivity contribution in [1.29, 1.82) is 0 Å². The number of likely N-dealkylation sites (tertiary alicyclic amines) is 1. The summed E-state index contributed by atoms with van der Waals surface area (Å²) in [4.78, 5) is 21.2. The molecular formula is C25H40N2O4. The van der Waals surface area contributed by atoms with E-state index in [9.17, 15) is 4.79 Å². The molecule has 1 saturated heterocycles. The van der Waals surface area contributed by atoms with Crippen molar-refractivity contribution in [3.8, 4) is 11.5 Å². The van der Waals surface area contributed by atoms with Crippen LogP contribution >= 0.6 is 0 Å². The minimum Gasteiger partial charge on any atom is -0.454 e. The second-order valence-electron chi connectivity index (χ2n) is 9.09. The number of hydrogen-bond donors (Lipinski definition) is 0. The Labute approximate surface area is 187 Å². The topological polar surface area (TPSA) is 51.2 Å². The van der Waals surface area contributed by atoms with Crippen molar-refractivity contribution in [2.75, 3.05) is 33.0 Å². The number of ether oxygens (including phenoxy) is 2. The highest BCUT2D eigenvalue weighted by molar-refractivity contribution is 5.77. The van der Waals surface area contributed by atoms with Crippen LogP contribution in [0.5, 0.6) is 11.5 Å². The van der Waals surface area contributed by atoms with E-state index in [1.54, 1.807) is 5.06 Å². The molecule has 0 saturated carbocycles. The van der Waals surface area contributed by atoms with Gasteiger partial charge in [-0.25, -0.2) is 5.06 Å². The van der Waals surface area contributed by atoms with Crippen molar-refractivity contribution < 1.29 is 19.1 Å². The van der Waals surface area contributed by atoms with E-state index < -0.39 is 0 Å². The van der Waals surface area contributed by atoms with E-state index in [2.05, 4.69) is 44.7 Å². The fourth-order valence-corrected chi connectivity index (χ4v) is 4.83. The van der Waals surface area contributed by atoms with Crippen LogP contribution in [0.2, 0.25) is 0 Å². The summed E-state index contributed by atoms with van der Waals surface area (Å²) in [6, 6.07) is 6.71. The molecule has 2 aliphatic rings. The van der Waals surface area contributed by atoms with Crippen molar-refractivity contribution in [3.63, 3.8) is 0 Å². The number of benzene rings is 1. The fraction of sp³-hybridized carbons (Fsp3) is 0.720. The van der Waals surface area contributed by atoms with E-state index >= 15 is 0 Å². The highest BCUT2D eigenvalue weighted by Crippen LogP contribution is 2.40. The van der Waals surface area contributed by atoms with Gasteiger partial charge in [-0.1, -0.05) is 46.6 Å². The van der Waals surface area contributed by atoms with Crippen LogP contribution in [0.15, 0.2) is 18.2 Å². The summed E-state index contributed by atoms with van der Waals surface area (Å²) in [5.41, 5.74) is 1.28. The van der Waals surface area contributed by atoms with Gasteiger partial charge >= 0.3 is 0 Å². The van der Waals surface area contributed by atoms with Gasteiger partial charge in [0.15, 0.2) is 11.5 Å². The molecule has 1 unspecified atom stereocenters. The number of hydroxylamine groups is 2. The Bertz CT molecular complexity index is 711. The lowest BCUT2D eigenvalue weighted by Gasteiger charge is -2.29. The molecule has 3 rings (SSSR count). The number of carbonyl (C=O) groups excluding carboxylic acids is 1. The van der Waals surface area contributed by atoms with Gasteiger partial charge < -0.3 is 9.47 Å². The second kappa shape index (κ2) is 11.7. The first-order valence-corrected chi connectivity index (χ1v) is 12.1. The summed E-state index contributed by atoms with van der Waals surface area (Å²) in [5, 5.41) is 1.59. The van der Waals surface area contributed by atoms with Gasteiger partial charge in [-0.05, 0) is 55.2 Å². The first kappa shape index (κ1) is 23.9. The quantitative estimate of drug-likeness (QED) is 0.436. The molecule has 2 heterocycles. The SMILES string of the molecule is CCCON(CCC)C(=O)CN1C[C@H](c2ccc3c(c2)OCO3)C[C@@H]1CC(C)CCC. The smallest absolute Gasteiger partial charge is 0.260 e. The van der Waals surface area contributed by atoms with Gasteiger partial charge in [0, 0.05) is 19.1 Å². The summed E-state index contributed by atoms with van der Waals surface area (Å²) in [5.74, 6) is 2.80. The molecule has 2 aliphatic heterocycles. The Morgan fingerprint density at radius 1 is 1.19 bits per heavy atom. The van der Waals surface area contributed by atoms with Crippen molar-refractivity contribution in [2.45, 2.75) is 78.2 Å². The van der Waals surface area contributed by atoms with Crippen LogP contribution < -0.4 is 9.47 Å². The standard InChI is InChI=1S/C25H40N2O4/c1-5-8-19(4)13-22-14-21(20-9-10-23-24(15-20)30-18-29-23)16-26(22)17-25(28)27(11-6-2)31-12-7-3/h9-10,15,19,21-22H,5-8,11-14,16-18H2,1-4H3/t19?,21-,22+/m1/s1. The lowest BCUT2D eigenvalue weighted by Crippen LogP contribution is -2.43. The Hall–Kier alpha value is -1.79. The third-order valence-electron chi connectivity index (χ3n) is 6.35. The van der Waals surface area contributed by atoms with Crippen LogP contribution in [-0.2, 0) is 9.63 Å². The Balaban J connectivity index is 1.71. The molecule has 6 heteroatoms. The first-order chi connectivity index (χ1) is 15.0. The zero-order chi connectivity index (χ0) is 22.2. The van der Waals surface area contributed by atoms with Crippen molar-refractivity contribution in [3.05, 3.63) is 23.8 Å². The van der Waals surface area contributed by atoms with Crippen LogP contribution in [-0.4, -0.2) is 54.9 Å². The lowest BCUT2D eigenvalue weighted by atomic mass is 9.91. The van der Waals surface area contributed by atoms with E-state index in [1.165, 1.54) is 18.4 Å². The van der Waals surface area contributed by atoms with Gasteiger partial charge in [0.05, 0.1) is 13.2 Å². The third-order valence-corrected chi connectivity index (χ3v) is 6.35. The maximum atomic E-state index is 13.1. The van der Waals surface area contributed by atoms with E-state index in [1.807, 2.05) is 6.07 Å². The number of carbonyl (C=O) groups is 1. The summed E-state index contributed by atoms with van der Waals surface area (Å²) < 4.78 is 11.1. The number of amides is 1. The predicted octanol–water partition coefficient (Wildman–Crippen LogP) is 4.98. The molecule has 1 fully saturated rings. The number of nitrogens with zero attached hydrogens (tertiary/aromatic N) is 2. The summed E-state index contributed by atoms with van der Waals surface area (Å²) >= 11 is 0. The average molecular weight is 433 g/mol. The molecule has 1 amide bonds. The minimum absolute atomic E-state index is 0.0785. The molecular weight excluding hydrogens is 392 g/mol. The number of fused-ring (bicyclic) bond motifs is 1. The molecule has 3 atom stereocenters. The van der Waals surface area contributed by atoms with Crippen molar-refractivity contribution >= 4 is 5.91 Å². The molecule has 1 aromatic rings. The van der Waals surface area contributed by atoms with Crippen LogP contribution in [0.1, 0.15) is 77.7 Å². The molecule has 0 radical (unpaired) electrons. The fourth-order valence-electron chi connectivity index (χ4n) is 4.83. The number of rotatable bonds is 12. The molecule has 0 bridgehead atoms. The van der Waals surface area contributed by atoms with Crippen LogP contribution in [0, 0.1) is 5.92 Å². The van der Waals surface area contributed by atoms with Gasteiger partial charge in [-0.15, -0.1) is 0 Å². The highest BCUT2D eigenvalue weighted by Gasteiger charge is 2.36. The molecule has 0 aliphatic carbocycles. The van der Waals surface area contributed by atoms with E-state index in [4.69, 9.17) is 14.3 Å². The van der Waals surface area contributed by atoms with Gasteiger partial charge in [-0.2, -0.15) is 0 Å². The molecule has 6 nitrogen and oxygen atoms in total. The molecule has 174 valence electrons. The summed E-state index contributed by atoms with van der Waals surface area (Å²) in [6.45, 7) is 11.6. The average Bonchev–Trinajstić information content (AvgIpc) is 3.37. The summed E-state index contributed by atoms with van der Waals surface area (Å²) in [6.07, 6.45) is 6.44. The van der Waals surface area contributed by atoms with Gasteiger partial charge in [0.2, 0.25) is 6.79 Å². The Kier molecular flexibility index (Phi) is 9.02. The van der Waals surface area contributed by atoms with Crippen LogP contribution in [0.4, 0.5) is 0 Å². The minimum atomic E-state index is 0.0785. The van der Waals surface area contributed by atoms with E-state index in [0.717, 1.165) is 43.7 Å². The van der Waals surface area contributed by atoms with Crippen LogP contribution in [0.25, 0.3) is 0 Å². The van der Waals surface area contributed by atoms with Gasteiger partial charge in [0.25, 0.3) is 5.91 Å². The molecule has 1 aromatic carbocycles. The first-order valence-electron chi connectivity index (χ1n) is 12.1. The molecule has 31 heavy (non-hydrogen) atoms. The lowest BCUT2D eigenvalue weighted by molar-refractivity contribution is -0.188. The largest absolute Gasteiger partial charge is 0.454 e. The zero-order valence-corrected chi connectivity index (χ0v) is 19.8. The number of hydrogen-bond acceptors (Lipinski definition) is 5. The van der Waals surface area contributed by atoms with Crippen molar-refractivity contribution in [2.24, 2.45) is 5.92 Å². The normalized spacial score (nSPS) is 21.4. The zero-order valence-electron chi connectivity index (χ0n) is 19.8. The molecule has 0 N–H and O–H groups in total. The van der Waals surface area contributed by atoms with E-state index in [-0.39, 0.29) is 5.91 Å². The van der Waals surface area contributed by atoms with Gasteiger partial charge in [-0.3, -0.25) is 14.5 Å². The monoisotopic (exact) mass is 432 g/mol. The maximum Gasteiger partial charge on any atom is 0.260 e. The Morgan fingerprint density at radius 2 is 2.00 bits per heavy atom. The second-order valence-corrected chi connectivity index (χ2v) is 9.09. The highest BCUT2D eigenvalue weighted by atomic mass is 16.7. The Morgan fingerprint density at radius 3 is 2.74 bits per heavy atom. The summed E-state index contributed by atoms with van der Waals surface area (Å²) in [7, 11) is 0. The van der Waals surface area contributed by atoms with E-state index in [0.29, 0.717) is 44.4 Å². The predicted molar refractivity (Wildman–Crippen MR) is 122 cm³/mol. The molecule has 0 spiro atoms. The van der Waals surface area contributed by atoms with Crippen molar-refractivity contribution in [1.82, 2.24) is 9.96 Å². The third kappa shape index (κ3) is 6.36. The van der Waals surface area contributed by atoms with Crippen LogP contribution in [0.3, 0.4) is 0 Å². The van der Waals surface area contributed by atoms with Gasteiger partial charge in [0.1, 0.15) is 0 Å². The molecule has 0 aromatic heterocycles.